The van der Waals surface area contributed by atoms with Crippen molar-refractivity contribution >= 4 is 17.6 Å². The molecule has 1 fully saturated rings. The quantitative estimate of drug-likeness (QED) is 0.474. The zero-order valence-corrected chi connectivity index (χ0v) is 17.1. The number of amides is 2. The third kappa shape index (κ3) is 11.1. The first kappa shape index (κ1) is 23.6. The van der Waals surface area contributed by atoms with E-state index in [2.05, 4.69) is 10.6 Å². The molecule has 1 saturated carbocycles. The first-order chi connectivity index (χ1) is 12.9. The molecule has 0 saturated heterocycles. The lowest BCUT2D eigenvalue weighted by molar-refractivity contribution is -0.125. The van der Waals surface area contributed by atoms with Crippen LogP contribution >= 0.6 is 0 Å². The van der Waals surface area contributed by atoms with Gasteiger partial charge in [-0.3, -0.25) is 14.4 Å². The van der Waals surface area contributed by atoms with Crippen LogP contribution in [0.1, 0.15) is 65.7 Å². The van der Waals surface area contributed by atoms with Gasteiger partial charge in [0, 0.05) is 37.8 Å². The maximum Gasteiger partial charge on any atom is 0.222 e. The molecule has 0 aliphatic heterocycles. The smallest absolute Gasteiger partial charge is 0.222 e. The zero-order valence-electron chi connectivity index (χ0n) is 17.1. The van der Waals surface area contributed by atoms with E-state index in [1.165, 1.54) is 0 Å². The molecule has 27 heavy (non-hydrogen) atoms. The predicted octanol–water partition coefficient (Wildman–Crippen LogP) is 1.98. The van der Waals surface area contributed by atoms with E-state index < -0.39 is 0 Å². The van der Waals surface area contributed by atoms with Crippen LogP contribution in [0.2, 0.25) is 0 Å². The van der Waals surface area contributed by atoms with E-state index >= 15 is 0 Å². The van der Waals surface area contributed by atoms with Crippen LogP contribution in [0.5, 0.6) is 0 Å². The Morgan fingerprint density at radius 1 is 0.963 bits per heavy atom. The third-order valence-corrected chi connectivity index (χ3v) is 4.72. The normalized spacial score (nSPS) is 19.7. The van der Waals surface area contributed by atoms with Crippen molar-refractivity contribution in [1.29, 1.82) is 0 Å². The van der Waals surface area contributed by atoms with Crippen molar-refractivity contribution < 1.29 is 23.9 Å². The topological polar surface area (TPSA) is 93.7 Å². The molecule has 2 N–H and O–H groups in total. The molecule has 7 nitrogen and oxygen atoms in total. The molecule has 0 aromatic rings. The highest BCUT2D eigenvalue weighted by molar-refractivity contribution is 5.81. The van der Waals surface area contributed by atoms with Crippen LogP contribution in [0.25, 0.3) is 0 Å². The maximum atomic E-state index is 12.0. The number of rotatable bonds is 13. The van der Waals surface area contributed by atoms with Crippen LogP contribution in [-0.2, 0) is 23.9 Å². The van der Waals surface area contributed by atoms with Crippen LogP contribution in [0.3, 0.4) is 0 Å². The molecule has 0 aromatic heterocycles. The third-order valence-electron chi connectivity index (χ3n) is 4.72. The molecule has 0 atom stereocenters. The number of Topliss-reactive ketones (excluding diaryl/α,β-unsaturated/α-hetero) is 1. The fraction of sp³-hybridized carbons (Fsp3) is 0.850. The van der Waals surface area contributed by atoms with Crippen LogP contribution in [-0.4, -0.2) is 56.1 Å². The minimum Gasteiger partial charge on any atom is -0.379 e. The molecule has 1 aliphatic carbocycles. The molecule has 156 valence electrons. The van der Waals surface area contributed by atoms with Crippen LogP contribution in [0.15, 0.2) is 0 Å². The Kier molecular flexibility index (Phi) is 11.9. The van der Waals surface area contributed by atoms with Gasteiger partial charge in [0.25, 0.3) is 0 Å². The fourth-order valence-electron chi connectivity index (χ4n) is 3.15. The molecular weight excluding hydrogens is 348 g/mol. The second-order valence-corrected chi connectivity index (χ2v) is 7.32. The highest BCUT2D eigenvalue weighted by atomic mass is 16.5. The van der Waals surface area contributed by atoms with Crippen LogP contribution in [0, 0.1) is 5.92 Å². The van der Waals surface area contributed by atoms with E-state index in [9.17, 15) is 14.4 Å². The van der Waals surface area contributed by atoms with E-state index in [0.29, 0.717) is 51.4 Å². The van der Waals surface area contributed by atoms with Gasteiger partial charge in [0.1, 0.15) is 5.78 Å². The number of nitrogens with one attached hydrogen (secondary N) is 2. The van der Waals surface area contributed by atoms with Crippen molar-refractivity contribution in [2.75, 3.05) is 26.4 Å². The monoisotopic (exact) mass is 384 g/mol. The second-order valence-electron chi connectivity index (χ2n) is 7.32. The van der Waals surface area contributed by atoms with Gasteiger partial charge in [-0.05, 0) is 39.5 Å². The second kappa shape index (κ2) is 13.7. The van der Waals surface area contributed by atoms with Crippen molar-refractivity contribution in [3.05, 3.63) is 0 Å². The van der Waals surface area contributed by atoms with Gasteiger partial charge in [-0.2, -0.15) is 0 Å². The van der Waals surface area contributed by atoms with E-state index in [4.69, 9.17) is 9.47 Å². The first-order valence-corrected chi connectivity index (χ1v) is 10.2. The summed E-state index contributed by atoms with van der Waals surface area (Å²) in [7, 11) is 0. The lowest BCUT2D eigenvalue weighted by Crippen LogP contribution is -2.39. The molecule has 1 rings (SSSR count). The van der Waals surface area contributed by atoms with Crippen molar-refractivity contribution in [3.8, 4) is 0 Å². The molecule has 0 spiro atoms. The number of hydrogen-bond donors (Lipinski definition) is 2. The standard InChI is InChI=1S/C20H36N2O5/c1-4-18(23)16-5-7-17(8-6-16)22-20(25)9-12-26-14-11-21-19(24)10-13-27-15(2)3/h15-17H,4-14H2,1-3H3,(H,21,24)(H,22,25). The highest BCUT2D eigenvalue weighted by Crippen LogP contribution is 2.25. The summed E-state index contributed by atoms with van der Waals surface area (Å²) in [5.41, 5.74) is 0. The fourth-order valence-corrected chi connectivity index (χ4v) is 3.15. The lowest BCUT2D eigenvalue weighted by atomic mass is 9.83. The Bertz CT molecular complexity index is 459. The van der Waals surface area contributed by atoms with Gasteiger partial charge in [-0.1, -0.05) is 6.92 Å². The van der Waals surface area contributed by atoms with Crippen molar-refractivity contribution in [2.45, 2.75) is 77.9 Å². The molecule has 0 radical (unpaired) electrons. The van der Waals surface area contributed by atoms with Crippen LogP contribution in [0.4, 0.5) is 0 Å². The van der Waals surface area contributed by atoms with Gasteiger partial charge in [-0.15, -0.1) is 0 Å². The summed E-state index contributed by atoms with van der Waals surface area (Å²) in [6.07, 6.45) is 4.86. The SMILES string of the molecule is CCC(=O)C1CCC(NC(=O)CCOCCNC(=O)CCOC(C)C)CC1. The average Bonchev–Trinajstić information content (AvgIpc) is 2.64. The summed E-state index contributed by atoms with van der Waals surface area (Å²) in [5.74, 6) is 0.440. The average molecular weight is 385 g/mol. The van der Waals surface area contributed by atoms with Gasteiger partial charge >= 0.3 is 0 Å². The summed E-state index contributed by atoms with van der Waals surface area (Å²) < 4.78 is 10.7. The number of carbonyl (C=O) groups is 3. The summed E-state index contributed by atoms with van der Waals surface area (Å²) >= 11 is 0. The van der Waals surface area contributed by atoms with E-state index in [1.54, 1.807) is 0 Å². The molecule has 1 aliphatic rings. The van der Waals surface area contributed by atoms with E-state index in [1.807, 2.05) is 20.8 Å². The Labute approximate surface area is 162 Å². The van der Waals surface area contributed by atoms with Gasteiger partial charge in [-0.25, -0.2) is 0 Å². The zero-order chi connectivity index (χ0) is 20.1. The highest BCUT2D eigenvalue weighted by Gasteiger charge is 2.25. The lowest BCUT2D eigenvalue weighted by Gasteiger charge is -2.28. The molecule has 0 aromatic carbocycles. The molecule has 0 unspecified atom stereocenters. The van der Waals surface area contributed by atoms with Gasteiger partial charge in [0.05, 0.1) is 25.9 Å². The van der Waals surface area contributed by atoms with E-state index in [0.717, 1.165) is 25.7 Å². The van der Waals surface area contributed by atoms with Crippen molar-refractivity contribution in [3.63, 3.8) is 0 Å². The largest absolute Gasteiger partial charge is 0.379 e. The molecule has 2 amide bonds. The van der Waals surface area contributed by atoms with E-state index in [-0.39, 0.29) is 29.9 Å². The van der Waals surface area contributed by atoms with Crippen molar-refractivity contribution in [2.24, 2.45) is 5.92 Å². The summed E-state index contributed by atoms with van der Waals surface area (Å²) in [4.78, 5) is 35.2. The summed E-state index contributed by atoms with van der Waals surface area (Å²) in [5, 5.41) is 5.78. The molecule has 7 heteroatoms. The first-order valence-electron chi connectivity index (χ1n) is 10.2. The molecular formula is C20H36N2O5. The maximum absolute atomic E-state index is 12.0. The van der Waals surface area contributed by atoms with Gasteiger partial charge in [0.2, 0.25) is 11.8 Å². The Hall–Kier alpha value is -1.47. The Balaban J connectivity index is 1.99. The van der Waals surface area contributed by atoms with Gasteiger partial charge < -0.3 is 20.1 Å². The van der Waals surface area contributed by atoms with Crippen LogP contribution < -0.4 is 10.6 Å². The Morgan fingerprint density at radius 2 is 1.63 bits per heavy atom. The Morgan fingerprint density at radius 3 is 2.26 bits per heavy atom. The summed E-state index contributed by atoms with van der Waals surface area (Å²) in [6.45, 7) is 7.33. The molecule has 0 heterocycles. The number of ether oxygens (including phenoxy) is 2. The number of carbonyl (C=O) groups excluding carboxylic acids is 3. The minimum absolute atomic E-state index is 0.0184. The minimum atomic E-state index is -0.0610. The predicted molar refractivity (Wildman–Crippen MR) is 103 cm³/mol. The van der Waals surface area contributed by atoms with Gasteiger partial charge in [0.15, 0.2) is 0 Å². The number of hydrogen-bond acceptors (Lipinski definition) is 5. The summed E-state index contributed by atoms with van der Waals surface area (Å²) in [6, 6.07) is 0.172. The van der Waals surface area contributed by atoms with Crippen molar-refractivity contribution in [1.82, 2.24) is 10.6 Å². The molecule has 0 bridgehead atoms. The number of ketones is 1.